The summed E-state index contributed by atoms with van der Waals surface area (Å²) in [5.41, 5.74) is 22.2. The largest absolute Gasteiger partial charge is 0.397 e. The highest BCUT2D eigenvalue weighted by Gasteiger charge is 2.52. The number of allylic oxidation sites excluding steroid dienone is 2. The summed E-state index contributed by atoms with van der Waals surface area (Å²) in [6.45, 7) is 8.52. The Morgan fingerprint density at radius 2 is 1.27 bits per heavy atom. The lowest BCUT2D eigenvalue weighted by molar-refractivity contribution is 0.795. The number of anilines is 2. The second-order valence-electron chi connectivity index (χ2n) is 13.3. The van der Waals surface area contributed by atoms with E-state index in [2.05, 4.69) is 159 Å². The van der Waals surface area contributed by atoms with Crippen molar-refractivity contribution < 1.29 is 0 Å². The van der Waals surface area contributed by atoms with Gasteiger partial charge in [-0.3, -0.25) is 0 Å². The van der Waals surface area contributed by atoms with Crippen LogP contribution in [0.1, 0.15) is 22.3 Å². The van der Waals surface area contributed by atoms with E-state index in [4.69, 9.17) is 5.73 Å². The Hall–Kier alpha value is -6.12. The van der Waals surface area contributed by atoms with Crippen LogP contribution in [0.2, 0.25) is 0 Å². The number of nitrogens with two attached hydrogens (primary N) is 1. The third kappa shape index (κ3) is 4.01. The molecule has 0 unspecified atom stereocenters. The highest BCUT2D eigenvalue weighted by molar-refractivity contribution is 6.16. The molecule has 2 nitrogen and oxygen atoms in total. The predicted molar refractivity (Wildman–Crippen MR) is 209 cm³/mol. The van der Waals surface area contributed by atoms with Crippen molar-refractivity contribution in [2.75, 3.05) is 24.2 Å². The molecule has 0 amide bonds. The molecule has 2 aliphatic rings. The van der Waals surface area contributed by atoms with Crippen molar-refractivity contribution in [3.63, 3.8) is 0 Å². The summed E-state index contributed by atoms with van der Waals surface area (Å²) in [7, 11) is 2.07. The summed E-state index contributed by atoms with van der Waals surface area (Å²) in [5, 5.41) is 5.03. The molecule has 0 aliphatic heterocycles. The number of likely N-dealkylation sites (N-methyl/N-ethyl adjacent to an activating group) is 1. The van der Waals surface area contributed by atoms with Crippen molar-refractivity contribution in [1.29, 1.82) is 0 Å². The van der Waals surface area contributed by atoms with Gasteiger partial charge in [0.25, 0.3) is 0 Å². The van der Waals surface area contributed by atoms with E-state index >= 15 is 0 Å². The van der Waals surface area contributed by atoms with Crippen LogP contribution < -0.4 is 10.6 Å². The number of nitrogens with zero attached hydrogens (tertiary/aromatic N) is 1. The lowest BCUT2D eigenvalue weighted by atomic mass is 9.70. The van der Waals surface area contributed by atoms with E-state index in [0.29, 0.717) is 6.54 Å². The van der Waals surface area contributed by atoms with Crippen LogP contribution in [0, 0.1) is 0 Å². The van der Waals surface area contributed by atoms with Gasteiger partial charge in [0.15, 0.2) is 0 Å². The molecule has 7 aromatic rings. The van der Waals surface area contributed by atoms with Crippen LogP contribution in [0.4, 0.5) is 11.4 Å². The SMILES string of the molecule is C=C/C=C(\C=C)CN(C)c1ccc(-c2cc3c(c4ccccc24)-c2c(ccc4ccccc24)C32c3ccccc3-c3ccccc32)cc1N. The molecular formula is C47H36N2. The average Bonchev–Trinajstić information content (AvgIpc) is 3.62. The van der Waals surface area contributed by atoms with E-state index in [1.165, 1.54) is 71.6 Å². The van der Waals surface area contributed by atoms with Gasteiger partial charge in [0.1, 0.15) is 0 Å². The van der Waals surface area contributed by atoms with E-state index in [-0.39, 0.29) is 0 Å². The zero-order chi connectivity index (χ0) is 33.3. The van der Waals surface area contributed by atoms with Crippen LogP contribution in [0.25, 0.3) is 54.9 Å². The molecule has 234 valence electrons. The number of hydrogen-bond donors (Lipinski definition) is 1. The first kappa shape index (κ1) is 29.1. The maximum atomic E-state index is 6.87. The number of hydrogen-bond acceptors (Lipinski definition) is 2. The molecule has 7 aromatic carbocycles. The minimum atomic E-state index is -0.453. The summed E-state index contributed by atoms with van der Waals surface area (Å²) in [5.74, 6) is 0. The molecule has 0 heterocycles. The fourth-order valence-corrected chi connectivity index (χ4v) is 8.76. The Morgan fingerprint density at radius 3 is 1.96 bits per heavy atom. The van der Waals surface area contributed by atoms with Crippen molar-refractivity contribution in [3.05, 3.63) is 193 Å². The van der Waals surface area contributed by atoms with Gasteiger partial charge in [0.05, 0.1) is 16.8 Å². The van der Waals surface area contributed by atoms with E-state index in [1.54, 1.807) is 6.08 Å². The molecule has 1 spiro atoms. The van der Waals surface area contributed by atoms with Crippen LogP contribution in [-0.4, -0.2) is 13.6 Å². The van der Waals surface area contributed by atoms with E-state index in [0.717, 1.165) is 22.5 Å². The van der Waals surface area contributed by atoms with Gasteiger partial charge in [-0.05, 0) is 101 Å². The number of benzene rings is 7. The van der Waals surface area contributed by atoms with Crippen molar-refractivity contribution in [3.8, 4) is 33.4 Å². The summed E-state index contributed by atoms with van der Waals surface area (Å²) < 4.78 is 0. The molecule has 0 aromatic heterocycles. The average molecular weight is 629 g/mol. The Morgan fingerprint density at radius 1 is 0.633 bits per heavy atom. The molecule has 2 N–H and O–H groups in total. The van der Waals surface area contributed by atoms with Gasteiger partial charge in [-0.2, -0.15) is 0 Å². The van der Waals surface area contributed by atoms with Crippen LogP contribution in [0.15, 0.2) is 170 Å². The maximum Gasteiger partial charge on any atom is 0.0726 e. The smallest absolute Gasteiger partial charge is 0.0726 e. The lowest BCUT2D eigenvalue weighted by Crippen LogP contribution is -2.26. The third-order valence-corrected chi connectivity index (χ3v) is 10.7. The summed E-state index contributed by atoms with van der Waals surface area (Å²) in [6, 6.07) is 49.5. The Balaban J connectivity index is 1.36. The Labute approximate surface area is 287 Å². The number of fused-ring (bicyclic) bond motifs is 14. The van der Waals surface area contributed by atoms with Gasteiger partial charge in [-0.15, -0.1) is 0 Å². The van der Waals surface area contributed by atoms with E-state index in [9.17, 15) is 0 Å². The van der Waals surface area contributed by atoms with Crippen molar-refractivity contribution in [2.45, 2.75) is 5.41 Å². The quantitative estimate of drug-likeness (QED) is 0.147. The molecule has 49 heavy (non-hydrogen) atoms. The van der Waals surface area contributed by atoms with Gasteiger partial charge < -0.3 is 10.6 Å². The molecule has 0 saturated carbocycles. The topological polar surface area (TPSA) is 29.3 Å². The zero-order valence-electron chi connectivity index (χ0n) is 27.6. The molecule has 0 radical (unpaired) electrons. The lowest BCUT2D eigenvalue weighted by Gasteiger charge is -2.31. The summed E-state index contributed by atoms with van der Waals surface area (Å²) in [4.78, 5) is 2.17. The Bertz CT molecular complexity index is 2500. The summed E-state index contributed by atoms with van der Waals surface area (Å²) >= 11 is 0. The second kappa shape index (κ2) is 11.0. The van der Waals surface area contributed by atoms with E-state index < -0.39 is 5.41 Å². The number of nitrogen functional groups attached to an aromatic ring is 1. The Kier molecular flexibility index (Phi) is 6.50. The van der Waals surface area contributed by atoms with Crippen LogP contribution in [0.3, 0.4) is 0 Å². The van der Waals surface area contributed by atoms with Crippen molar-refractivity contribution >= 4 is 32.9 Å². The fourth-order valence-electron chi connectivity index (χ4n) is 8.76. The minimum absolute atomic E-state index is 0.453. The molecule has 2 aliphatic carbocycles. The predicted octanol–water partition coefficient (Wildman–Crippen LogP) is 11.3. The monoisotopic (exact) mass is 628 g/mol. The number of rotatable bonds is 6. The van der Waals surface area contributed by atoms with Gasteiger partial charge in [-0.1, -0.05) is 147 Å². The van der Waals surface area contributed by atoms with Gasteiger partial charge >= 0.3 is 0 Å². The molecule has 0 bridgehead atoms. The van der Waals surface area contributed by atoms with E-state index in [1.807, 2.05) is 12.2 Å². The highest BCUT2D eigenvalue weighted by Crippen LogP contribution is 2.65. The molecule has 2 heteroatoms. The normalized spacial score (nSPS) is 13.6. The molecule has 0 saturated heterocycles. The second-order valence-corrected chi connectivity index (χ2v) is 13.3. The van der Waals surface area contributed by atoms with Gasteiger partial charge in [0.2, 0.25) is 0 Å². The fraction of sp³-hybridized carbons (Fsp3) is 0.0638. The van der Waals surface area contributed by atoms with Crippen LogP contribution in [-0.2, 0) is 5.41 Å². The molecule has 0 fully saturated rings. The van der Waals surface area contributed by atoms with Gasteiger partial charge in [-0.25, -0.2) is 0 Å². The first-order valence-corrected chi connectivity index (χ1v) is 16.9. The molecule has 0 atom stereocenters. The van der Waals surface area contributed by atoms with Crippen LogP contribution >= 0.6 is 0 Å². The molecule has 9 rings (SSSR count). The standard InChI is InChI=1S/C47H36N2/c1-4-14-30(5-2)29-49(3)44-26-24-32(27-43(44)48)38-28-42-46(37-20-9-8-17-34(37)38)45-33-16-7-6-15-31(33)23-25-41(45)47(42)39-21-12-10-18-35(39)36-19-11-13-22-40(36)47/h4-28H,1-2,29,48H2,3H3/b30-14+. The first-order valence-electron chi connectivity index (χ1n) is 16.9. The summed E-state index contributed by atoms with van der Waals surface area (Å²) in [6.07, 6.45) is 5.65. The highest BCUT2D eigenvalue weighted by atomic mass is 15.1. The first-order chi connectivity index (χ1) is 24.1. The minimum Gasteiger partial charge on any atom is -0.397 e. The maximum absolute atomic E-state index is 6.87. The molecular weight excluding hydrogens is 593 g/mol. The van der Waals surface area contributed by atoms with Crippen molar-refractivity contribution in [1.82, 2.24) is 0 Å². The van der Waals surface area contributed by atoms with Gasteiger partial charge in [0, 0.05) is 13.6 Å². The third-order valence-electron chi connectivity index (χ3n) is 10.7. The van der Waals surface area contributed by atoms with Crippen LogP contribution in [0.5, 0.6) is 0 Å². The zero-order valence-corrected chi connectivity index (χ0v) is 27.6. The van der Waals surface area contributed by atoms with Crippen molar-refractivity contribution in [2.24, 2.45) is 0 Å².